The molecule has 0 aliphatic carbocycles. The topological polar surface area (TPSA) is 105 Å². The molecular formula is C17H14N2O5S. The Labute approximate surface area is 147 Å². The van der Waals surface area contributed by atoms with Crippen LogP contribution in [0.4, 0.5) is 0 Å². The van der Waals surface area contributed by atoms with Crippen LogP contribution < -0.4 is 10.5 Å². The van der Waals surface area contributed by atoms with Crippen LogP contribution in [0, 0.1) is 0 Å². The summed E-state index contributed by atoms with van der Waals surface area (Å²) in [5.74, 6) is -0.520. The van der Waals surface area contributed by atoms with Gasteiger partial charge in [0.05, 0.1) is 10.4 Å². The third-order valence-electron chi connectivity index (χ3n) is 3.16. The molecule has 0 radical (unpaired) electrons. The van der Waals surface area contributed by atoms with Crippen molar-refractivity contribution in [3.05, 3.63) is 59.3 Å². The van der Waals surface area contributed by atoms with Gasteiger partial charge in [-0.3, -0.25) is 4.79 Å². The first kappa shape index (κ1) is 16.7. The number of hydrogen-bond donors (Lipinski definition) is 1. The van der Waals surface area contributed by atoms with Gasteiger partial charge in [0.15, 0.2) is 6.61 Å². The molecule has 0 fully saturated rings. The molecule has 0 saturated heterocycles. The lowest BCUT2D eigenvalue weighted by Crippen LogP contribution is -2.18. The predicted octanol–water partition coefficient (Wildman–Crippen LogP) is 2.62. The maximum absolute atomic E-state index is 11.8. The van der Waals surface area contributed by atoms with Gasteiger partial charge >= 0.3 is 5.97 Å². The van der Waals surface area contributed by atoms with Gasteiger partial charge in [0.2, 0.25) is 5.89 Å². The van der Waals surface area contributed by atoms with Gasteiger partial charge in [-0.1, -0.05) is 18.2 Å². The molecule has 0 aliphatic rings. The maximum Gasteiger partial charge on any atom is 0.344 e. The lowest BCUT2D eigenvalue weighted by atomic mass is 10.2. The van der Waals surface area contributed by atoms with Crippen LogP contribution in [0.3, 0.4) is 0 Å². The van der Waals surface area contributed by atoms with Crippen molar-refractivity contribution < 1.29 is 23.5 Å². The average Bonchev–Trinajstić information content (AvgIpc) is 3.29. The van der Waals surface area contributed by atoms with E-state index in [4.69, 9.17) is 19.6 Å². The normalized spacial score (nSPS) is 10.4. The number of ether oxygens (including phenoxy) is 2. The number of carbonyl (C=O) groups excluding carboxylic acids is 2. The second-order valence-electron chi connectivity index (χ2n) is 4.93. The summed E-state index contributed by atoms with van der Waals surface area (Å²) in [4.78, 5) is 28.2. The largest absolute Gasteiger partial charge is 0.481 e. The molecule has 3 rings (SSSR count). The Balaban J connectivity index is 1.51. The number of rotatable bonds is 7. The average molecular weight is 358 g/mol. The number of nitrogens with zero attached hydrogens (tertiary/aromatic N) is 1. The van der Waals surface area contributed by atoms with Gasteiger partial charge in [0.1, 0.15) is 24.3 Å². The molecule has 7 nitrogen and oxygen atoms in total. The number of esters is 1. The van der Waals surface area contributed by atoms with Crippen LogP contribution in [0.5, 0.6) is 5.75 Å². The molecule has 1 aromatic carbocycles. The Morgan fingerprint density at radius 2 is 2.04 bits per heavy atom. The zero-order valence-electron chi connectivity index (χ0n) is 13.0. The summed E-state index contributed by atoms with van der Waals surface area (Å²) >= 11 is 1.50. The number of amides is 1. The molecule has 1 amide bonds. The number of carbonyl (C=O) groups is 2. The van der Waals surface area contributed by atoms with Gasteiger partial charge in [-0.05, 0) is 23.6 Å². The molecule has 3 aromatic rings. The molecule has 0 spiro atoms. The molecule has 128 valence electrons. The first-order chi connectivity index (χ1) is 12.1. The van der Waals surface area contributed by atoms with Gasteiger partial charge in [-0.2, -0.15) is 0 Å². The summed E-state index contributed by atoms with van der Waals surface area (Å²) in [5, 5.41) is 1.92. The summed E-state index contributed by atoms with van der Waals surface area (Å²) in [6.45, 7) is -0.380. The van der Waals surface area contributed by atoms with E-state index < -0.39 is 11.9 Å². The fraction of sp³-hybridized carbons (Fsp3) is 0.118. The minimum absolute atomic E-state index is 0.0332. The summed E-state index contributed by atoms with van der Waals surface area (Å²) in [5.41, 5.74) is 5.94. The Bertz CT molecular complexity index is 873. The predicted molar refractivity (Wildman–Crippen MR) is 90.1 cm³/mol. The minimum atomic E-state index is -0.632. The molecule has 0 unspecified atom stereocenters. The monoisotopic (exact) mass is 358 g/mol. The second-order valence-corrected chi connectivity index (χ2v) is 5.88. The Morgan fingerprint density at radius 3 is 2.80 bits per heavy atom. The van der Waals surface area contributed by atoms with Crippen LogP contribution in [0.25, 0.3) is 10.8 Å². The maximum atomic E-state index is 11.8. The van der Waals surface area contributed by atoms with Gasteiger partial charge < -0.3 is 19.6 Å². The van der Waals surface area contributed by atoms with E-state index in [1.165, 1.54) is 23.7 Å². The fourth-order valence-electron chi connectivity index (χ4n) is 2.02. The Kier molecular flexibility index (Phi) is 5.10. The van der Waals surface area contributed by atoms with E-state index in [1.54, 1.807) is 18.2 Å². The molecule has 0 aliphatic heterocycles. The summed E-state index contributed by atoms with van der Waals surface area (Å²) in [6.07, 6.45) is 1.44. The number of para-hydroxylation sites is 1. The van der Waals surface area contributed by atoms with Crippen LogP contribution in [0.15, 0.2) is 52.5 Å². The standard InChI is InChI=1S/C17H14N2O5S/c18-16(21)12-4-1-2-5-13(12)22-10-15(20)23-8-11-9-24-17(19-11)14-6-3-7-25-14/h1-7,9H,8,10H2,(H2,18,21). The molecule has 2 heterocycles. The van der Waals surface area contributed by atoms with Gasteiger partial charge in [-0.15, -0.1) is 11.3 Å². The van der Waals surface area contributed by atoms with Crippen molar-refractivity contribution in [1.29, 1.82) is 0 Å². The van der Waals surface area contributed by atoms with Gasteiger partial charge in [0, 0.05) is 0 Å². The number of hydrogen-bond acceptors (Lipinski definition) is 7. The number of primary amides is 1. The molecule has 0 atom stereocenters. The number of oxazole rings is 1. The van der Waals surface area contributed by atoms with E-state index in [0.717, 1.165) is 4.88 Å². The van der Waals surface area contributed by atoms with Crippen molar-refractivity contribution in [2.45, 2.75) is 6.61 Å². The Hall–Kier alpha value is -3.13. The highest BCUT2D eigenvalue weighted by atomic mass is 32.1. The summed E-state index contributed by atoms with van der Waals surface area (Å²) in [6, 6.07) is 10.2. The van der Waals surface area contributed by atoms with Crippen LogP contribution in [-0.4, -0.2) is 23.5 Å². The van der Waals surface area contributed by atoms with E-state index in [-0.39, 0.29) is 24.5 Å². The second kappa shape index (κ2) is 7.63. The third-order valence-corrected chi connectivity index (χ3v) is 4.02. The van der Waals surface area contributed by atoms with E-state index in [9.17, 15) is 9.59 Å². The van der Waals surface area contributed by atoms with E-state index in [1.807, 2.05) is 17.5 Å². The number of benzene rings is 1. The van der Waals surface area contributed by atoms with Crippen molar-refractivity contribution in [2.75, 3.05) is 6.61 Å². The quantitative estimate of drug-likeness (QED) is 0.651. The first-order valence-electron chi connectivity index (χ1n) is 7.29. The zero-order chi connectivity index (χ0) is 17.6. The number of nitrogens with two attached hydrogens (primary N) is 1. The summed E-state index contributed by atoms with van der Waals surface area (Å²) < 4.78 is 15.7. The molecule has 25 heavy (non-hydrogen) atoms. The van der Waals surface area contributed by atoms with Crippen LogP contribution in [0.1, 0.15) is 16.1 Å². The van der Waals surface area contributed by atoms with E-state index in [2.05, 4.69) is 4.98 Å². The molecule has 0 bridgehead atoms. The van der Waals surface area contributed by atoms with Crippen LogP contribution in [-0.2, 0) is 16.1 Å². The molecule has 8 heteroatoms. The highest BCUT2D eigenvalue weighted by Gasteiger charge is 2.13. The lowest BCUT2D eigenvalue weighted by Gasteiger charge is -2.08. The van der Waals surface area contributed by atoms with Gasteiger partial charge in [0.25, 0.3) is 5.91 Å². The van der Waals surface area contributed by atoms with Crippen LogP contribution in [0.2, 0.25) is 0 Å². The fourth-order valence-corrected chi connectivity index (χ4v) is 2.67. The molecule has 0 saturated carbocycles. The van der Waals surface area contributed by atoms with Crippen molar-refractivity contribution >= 4 is 23.2 Å². The van der Waals surface area contributed by atoms with Crippen LogP contribution >= 0.6 is 11.3 Å². The SMILES string of the molecule is NC(=O)c1ccccc1OCC(=O)OCc1coc(-c2cccs2)n1. The molecule has 2 N–H and O–H groups in total. The van der Waals surface area contributed by atoms with E-state index in [0.29, 0.717) is 11.6 Å². The van der Waals surface area contributed by atoms with Crippen molar-refractivity contribution in [2.24, 2.45) is 5.73 Å². The van der Waals surface area contributed by atoms with Crippen molar-refractivity contribution in [3.8, 4) is 16.5 Å². The third kappa shape index (κ3) is 4.24. The number of aromatic nitrogens is 1. The zero-order valence-corrected chi connectivity index (χ0v) is 13.8. The highest BCUT2D eigenvalue weighted by molar-refractivity contribution is 7.13. The smallest absolute Gasteiger partial charge is 0.344 e. The van der Waals surface area contributed by atoms with E-state index >= 15 is 0 Å². The highest BCUT2D eigenvalue weighted by Crippen LogP contribution is 2.23. The Morgan fingerprint density at radius 1 is 1.20 bits per heavy atom. The number of thiophene rings is 1. The van der Waals surface area contributed by atoms with Gasteiger partial charge in [-0.25, -0.2) is 9.78 Å². The summed E-state index contributed by atoms with van der Waals surface area (Å²) in [7, 11) is 0. The molecule has 2 aromatic heterocycles. The van der Waals surface area contributed by atoms with Crippen molar-refractivity contribution in [1.82, 2.24) is 4.98 Å². The minimum Gasteiger partial charge on any atom is -0.481 e. The molecular weight excluding hydrogens is 344 g/mol. The van der Waals surface area contributed by atoms with Crippen molar-refractivity contribution in [3.63, 3.8) is 0 Å². The lowest BCUT2D eigenvalue weighted by molar-refractivity contribution is -0.147. The first-order valence-corrected chi connectivity index (χ1v) is 8.17.